The largest absolute Gasteiger partial charge is 0.481 e. The van der Waals surface area contributed by atoms with Crippen LogP contribution in [-0.4, -0.2) is 54.2 Å². The maximum atomic E-state index is 12.8. The lowest BCUT2D eigenvalue weighted by molar-refractivity contribution is -0.146. The van der Waals surface area contributed by atoms with Crippen molar-refractivity contribution in [3.8, 4) is 0 Å². The normalized spacial score (nSPS) is 22.3. The summed E-state index contributed by atoms with van der Waals surface area (Å²) in [5, 5.41) is 9.14. The number of aliphatic carboxylic acids is 1. The van der Waals surface area contributed by atoms with Crippen molar-refractivity contribution in [2.45, 2.75) is 31.3 Å². The Morgan fingerprint density at radius 2 is 2.09 bits per heavy atom. The number of ether oxygens (including phenoxy) is 1. The molecule has 1 fully saturated rings. The summed E-state index contributed by atoms with van der Waals surface area (Å²) in [7, 11) is 1.71. The van der Waals surface area contributed by atoms with E-state index in [0.717, 1.165) is 5.56 Å². The fourth-order valence-corrected chi connectivity index (χ4v) is 3.04. The van der Waals surface area contributed by atoms with E-state index in [4.69, 9.17) is 15.6 Å². The van der Waals surface area contributed by atoms with Gasteiger partial charge < -0.3 is 20.5 Å². The fraction of sp³-hybridized carbons (Fsp3) is 0.529. The summed E-state index contributed by atoms with van der Waals surface area (Å²) < 4.78 is 5.31. The number of carbonyl (C=O) groups is 2. The molecule has 2 rings (SSSR count). The van der Waals surface area contributed by atoms with Crippen molar-refractivity contribution in [3.05, 3.63) is 35.9 Å². The standard InChI is InChI=1S/C17H24N2O4/c1-19(15-7-8-23-11-14(15)18)17(22)13(10-16(20)21)9-12-5-3-2-4-6-12/h2-6,13-15H,7-11,18H2,1H3,(H,20,21)/t13-,14+,15+/m1/s1. The van der Waals surface area contributed by atoms with E-state index in [0.29, 0.717) is 26.1 Å². The van der Waals surface area contributed by atoms with Gasteiger partial charge in [-0.2, -0.15) is 0 Å². The van der Waals surface area contributed by atoms with E-state index in [9.17, 15) is 9.59 Å². The molecule has 0 radical (unpaired) electrons. The lowest BCUT2D eigenvalue weighted by Crippen LogP contribution is -2.55. The second-order valence-corrected chi connectivity index (χ2v) is 6.03. The minimum atomic E-state index is -0.969. The fourth-order valence-electron chi connectivity index (χ4n) is 3.04. The van der Waals surface area contributed by atoms with Gasteiger partial charge in [0.2, 0.25) is 5.91 Å². The maximum Gasteiger partial charge on any atom is 0.304 e. The number of rotatable bonds is 6. The third kappa shape index (κ3) is 4.77. The number of benzene rings is 1. The lowest BCUT2D eigenvalue weighted by Gasteiger charge is -2.37. The number of carboxylic acid groups (broad SMARTS) is 1. The summed E-state index contributed by atoms with van der Waals surface area (Å²) in [6.45, 7) is 0.989. The SMILES string of the molecule is CN(C(=O)[C@@H](CC(=O)O)Cc1ccccc1)[C@H]1CCOC[C@@H]1N. The molecule has 6 heteroatoms. The average molecular weight is 320 g/mol. The van der Waals surface area contributed by atoms with Crippen LogP contribution in [0.25, 0.3) is 0 Å². The van der Waals surface area contributed by atoms with Crippen LogP contribution >= 0.6 is 0 Å². The first-order valence-corrected chi connectivity index (χ1v) is 7.84. The van der Waals surface area contributed by atoms with E-state index in [1.54, 1.807) is 11.9 Å². The third-order valence-corrected chi connectivity index (χ3v) is 4.30. The first-order valence-electron chi connectivity index (χ1n) is 7.84. The summed E-state index contributed by atoms with van der Waals surface area (Å²) in [5.41, 5.74) is 6.99. The van der Waals surface area contributed by atoms with E-state index < -0.39 is 11.9 Å². The Kier molecular flexibility index (Phi) is 6.12. The smallest absolute Gasteiger partial charge is 0.304 e. The van der Waals surface area contributed by atoms with Gasteiger partial charge in [0.25, 0.3) is 0 Å². The van der Waals surface area contributed by atoms with Crippen LogP contribution in [0.2, 0.25) is 0 Å². The monoisotopic (exact) mass is 320 g/mol. The highest BCUT2D eigenvalue weighted by Crippen LogP contribution is 2.20. The quantitative estimate of drug-likeness (QED) is 0.812. The summed E-state index contributed by atoms with van der Waals surface area (Å²) >= 11 is 0. The van der Waals surface area contributed by atoms with Crippen molar-refractivity contribution in [3.63, 3.8) is 0 Å². The Bertz CT molecular complexity index is 535. The highest BCUT2D eigenvalue weighted by Gasteiger charge is 2.33. The van der Waals surface area contributed by atoms with Gasteiger partial charge in [0.05, 0.1) is 25.0 Å². The van der Waals surface area contributed by atoms with Crippen molar-refractivity contribution >= 4 is 11.9 Å². The average Bonchev–Trinajstić information content (AvgIpc) is 2.54. The minimum absolute atomic E-state index is 0.108. The Labute approximate surface area is 136 Å². The molecule has 0 spiro atoms. The summed E-state index contributed by atoms with van der Waals surface area (Å²) in [5.74, 6) is -1.72. The zero-order valence-electron chi connectivity index (χ0n) is 13.4. The molecule has 1 saturated heterocycles. The number of nitrogens with two attached hydrogens (primary N) is 1. The van der Waals surface area contributed by atoms with Gasteiger partial charge >= 0.3 is 5.97 Å². The maximum absolute atomic E-state index is 12.8. The van der Waals surface area contributed by atoms with E-state index in [1.807, 2.05) is 30.3 Å². The Morgan fingerprint density at radius 1 is 1.39 bits per heavy atom. The summed E-state index contributed by atoms with van der Waals surface area (Å²) in [4.78, 5) is 25.6. The molecule has 1 aromatic rings. The van der Waals surface area contributed by atoms with Crippen LogP contribution in [0.3, 0.4) is 0 Å². The molecule has 3 atom stereocenters. The molecule has 0 aromatic heterocycles. The molecule has 1 heterocycles. The molecule has 1 aliphatic heterocycles. The summed E-state index contributed by atoms with van der Waals surface area (Å²) in [6.07, 6.45) is 0.903. The van der Waals surface area contributed by atoms with Crippen molar-refractivity contribution < 1.29 is 19.4 Å². The van der Waals surface area contributed by atoms with Crippen molar-refractivity contribution in [2.24, 2.45) is 11.7 Å². The van der Waals surface area contributed by atoms with E-state index in [2.05, 4.69) is 0 Å². The topological polar surface area (TPSA) is 92.9 Å². The minimum Gasteiger partial charge on any atom is -0.481 e. The van der Waals surface area contributed by atoms with Gasteiger partial charge in [0.15, 0.2) is 0 Å². The molecule has 0 bridgehead atoms. The molecule has 6 nitrogen and oxygen atoms in total. The van der Waals surface area contributed by atoms with Crippen LogP contribution in [0.5, 0.6) is 0 Å². The number of carbonyl (C=O) groups excluding carboxylic acids is 1. The molecule has 0 aliphatic carbocycles. The van der Waals surface area contributed by atoms with E-state index in [1.165, 1.54) is 0 Å². The second kappa shape index (κ2) is 8.08. The molecular weight excluding hydrogens is 296 g/mol. The predicted molar refractivity (Wildman–Crippen MR) is 85.9 cm³/mol. The molecule has 1 aromatic carbocycles. The zero-order chi connectivity index (χ0) is 16.8. The first kappa shape index (κ1) is 17.4. The Balaban J connectivity index is 2.10. The third-order valence-electron chi connectivity index (χ3n) is 4.30. The van der Waals surface area contributed by atoms with Crippen LogP contribution in [0.4, 0.5) is 0 Å². The molecule has 23 heavy (non-hydrogen) atoms. The summed E-state index contributed by atoms with van der Waals surface area (Å²) in [6, 6.07) is 9.13. The Morgan fingerprint density at radius 3 is 2.70 bits per heavy atom. The molecular formula is C17H24N2O4. The highest BCUT2D eigenvalue weighted by molar-refractivity contribution is 5.83. The van der Waals surface area contributed by atoms with Gasteiger partial charge in [0.1, 0.15) is 0 Å². The van der Waals surface area contributed by atoms with Crippen LogP contribution in [0, 0.1) is 5.92 Å². The van der Waals surface area contributed by atoms with Crippen LogP contribution < -0.4 is 5.73 Å². The van der Waals surface area contributed by atoms with Gasteiger partial charge in [0, 0.05) is 19.7 Å². The van der Waals surface area contributed by atoms with Crippen LogP contribution in [0.15, 0.2) is 30.3 Å². The van der Waals surface area contributed by atoms with Crippen molar-refractivity contribution in [1.82, 2.24) is 4.90 Å². The van der Waals surface area contributed by atoms with Crippen LogP contribution in [-0.2, 0) is 20.7 Å². The first-order chi connectivity index (χ1) is 11.0. The van der Waals surface area contributed by atoms with Gasteiger partial charge in [-0.05, 0) is 18.4 Å². The van der Waals surface area contributed by atoms with Crippen LogP contribution in [0.1, 0.15) is 18.4 Å². The van der Waals surface area contributed by atoms with Gasteiger partial charge in [-0.25, -0.2) is 0 Å². The molecule has 1 aliphatic rings. The molecule has 0 saturated carbocycles. The zero-order valence-corrected chi connectivity index (χ0v) is 13.4. The van der Waals surface area contributed by atoms with E-state index >= 15 is 0 Å². The molecule has 3 N–H and O–H groups in total. The van der Waals surface area contributed by atoms with Crippen molar-refractivity contribution in [2.75, 3.05) is 20.3 Å². The number of hydrogen-bond donors (Lipinski definition) is 2. The molecule has 0 unspecified atom stereocenters. The van der Waals surface area contributed by atoms with E-state index in [-0.39, 0.29) is 24.4 Å². The number of amides is 1. The number of nitrogens with zero attached hydrogens (tertiary/aromatic N) is 1. The van der Waals surface area contributed by atoms with Gasteiger partial charge in [-0.3, -0.25) is 9.59 Å². The van der Waals surface area contributed by atoms with Gasteiger partial charge in [-0.15, -0.1) is 0 Å². The Hall–Kier alpha value is -1.92. The van der Waals surface area contributed by atoms with Crippen molar-refractivity contribution in [1.29, 1.82) is 0 Å². The second-order valence-electron chi connectivity index (χ2n) is 6.03. The van der Waals surface area contributed by atoms with Gasteiger partial charge in [-0.1, -0.05) is 30.3 Å². The number of likely N-dealkylation sites (N-methyl/N-ethyl adjacent to an activating group) is 1. The predicted octanol–water partition coefficient (Wildman–Crippen LogP) is 0.895. The number of hydrogen-bond acceptors (Lipinski definition) is 4. The molecule has 126 valence electrons. The highest BCUT2D eigenvalue weighted by atomic mass is 16.5. The molecule has 1 amide bonds. The lowest BCUT2D eigenvalue weighted by atomic mass is 9.93. The number of carboxylic acids is 1.